The van der Waals surface area contributed by atoms with Gasteiger partial charge in [-0.3, -0.25) is 0 Å². The quantitative estimate of drug-likeness (QED) is 0.882. The van der Waals surface area contributed by atoms with E-state index in [4.69, 9.17) is 0 Å². The van der Waals surface area contributed by atoms with Crippen molar-refractivity contribution >= 4 is 0 Å². The van der Waals surface area contributed by atoms with E-state index >= 15 is 0 Å². The molecule has 2 aromatic heterocycles. The second-order valence-corrected chi connectivity index (χ2v) is 4.86. The Kier molecular flexibility index (Phi) is 3.41. The average molecular weight is 245 g/mol. The molecule has 5 nitrogen and oxygen atoms in total. The lowest BCUT2D eigenvalue weighted by molar-refractivity contribution is 0.435. The normalized spacial score (nSPS) is 20.1. The lowest BCUT2D eigenvalue weighted by atomic mass is 9.96. The van der Waals surface area contributed by atoms with Gasteiger partial charge in [0, 0.05) is 49.8 Å². The third-order valence-corrected chi connectivity index (χ3v) is 3.62. The van der Waals surface area contributed by atoms with E-state index in [1.807, 2.05) is 31.2 Å². The maximum absolute atomic E-state index is 4.31. The summed E-state index contributed by atoms with van der Waals surface area (Å²) in [5, 5.41) is 3.46. The minimum Gasteiger partial charge on any atom is -0.336 e. The van der Waals surface area contributed by atoms with Gasteiger partial charge in [0.1, 0.15) is 0 Å². The summed E-state index contributed by atoms with van der Waals surface area (Å²) in [6.45, 7) is 4.14. The molecule has 1 fully saturated rings. The molecule has 1 aliphatic heterocycles. The first-order valence-electron chi connectivity index (χ1n) is 6.60. The molecule has 18 heavy (non-hydrogen) atoms. The van der Waals surface area contributed by atoms with E-state index in [1.54, 1.807) is 0 Å². The zero-order valence-corrected chi connectivity index (χ0v) is 10.5. The standard InChI is InChI=1S/C13H19N5/c1-2-12(8-14-3-1)13-9-16-11-18(13)7-6-17-5-4-15-10-17/h4-5,9-12,14H,1-3,6-8H2. The van der Waals surface area contributed by atoms with Crippen molar-refractivity contribution in [3.05, 3.63) is 36.9 Å². The highest BCUT2D eigenvalue weighted by atomic mass is 15.1. The van der Waals surface area contributed by atoms with Gasteiger partial charge in [-0.1, -0.05) is 0 Å². The van der Waals surface area contributed by atoms with E-state index in [0.29, 0.717) is 5.92 Å². The molecule has 0 spiro atoms. The Bertz CT molecular complexity index is 467. The van der Waals surface area contributed by atoms with Gasteiger partial charge < -0.3 is 14.5 Å². The van der Waals surface area contributed by atoms with E-state index in [-0.39, 0.29) is 0 Å². The first kappa shape index (κ1) is 11.5. The molecule has 1 unspecified atom stereocenters. The van der Waals surface area contributed by atoms with Gasteiger partial charge in [0.2, 0.25) is 0 Å². The first-order chi connectivity index (χ1) is 8.93. The largest absolute Gasteiger partial charge is 0.336 e. The zero-order valence-electron chi connectivity index (χ0n) is 10.5. The number of aryl methyl sites for hydroxylation is 2. The number of hydrogen-bond donors (Lipinski definition) is 1. The fraction of sp³-hybridized carbons (Fsp3) is 0.538. The summed E-state index contributed by atoms with van der Waals surface area (Å²) in [7, 11) is 0. The summed E-state index contributed by atoms with van der Waals surface area (Å²) in [5.41, 5.74) is 1.36. The molecule has 1 aliphatic rings. The highest BCUT2D eigenvalue weighted by Gasteiger charge is 2.18. The molecule has 3 heterocycles. The molecule has 0 aliphatic carbocycles. The third-order valence-electron chi connectivity index (χ3n) is 3.62. The molecule has 96 valence electrons. The molecule has 1 atom stereocenters. The molecule has 1 saturated heterocycles. The van der Waals surface area contributed by atoms with Gasteiger partial charge in [-0.05, 0) is 19.4 Å². The van der Waals surface area contributed by atoms with Crippen molar-refractivity contribution in [2.45, 2.75) is 31.8 Å². The summed E-state index contributed by atoms with van der Waals surface area (Å²) >= 11 is 0. The number of nitrogens with one attached hydrogen (secondary N) is 1. The Morgan fingerprint density at radius 2 is 2.28 bits per heavy atom. The third kappa shape index (κ3) is 2.46. The van der Waals surface area contributed by atoms with Gasteiger partial charge in [-0.15, -0.1) is 0 Å². The van der Waals surface area contributed by atoms with Crippen LogP contribution in [0.5, 0.6) is 0 Å². The van der Waals surface area contributed by atoms with Crippen LogP contribution in [-0.4, -0.2) is 32.2 Å². The molecule has 0 radical (unpaired) electrons. The molecule has 5 heteroatoms. The van der Waals surface area contributed by atoms with Crippen LogP contribution in [0.25, 0.3) is 0 Å². The second-order valence-electron chi connectivity index (χ2n) is 4.86. The van der Waals surface area contributed by atoms with Crippen molar-refractivity contribution in [1.29, 1.82) is 0 Å². The predicted octanol–water partition coefficient (Wildman–Crippen LogP) is 1.25. The fourth-order valence-electron chi connectivity index (χ4n) is 2.60. The lowest BCUT2D eigenvalue weighted by Crippen LogP contribution is -2.29. The van der Waals surface area contributed by atoms with Gasteiger partial charge in [0.25, 0.3) is 0 Å². The lowest BCUT2D eigenvalue weighted by Gasteiger charge is -2.23. The molecule has 0 saturated carbocycles. The minimum absolute atomic E-state index is 0.615. The van der Waals surface area contributed by atoms with Crippen molar-refractivity contribution in [3.63, 3.8) is 0 Å². The van der Waals surface area contributed by atoms with Crippen LogP contribution in [0.15, 0.2) is 31.2 Å². The van der Waals surface area contributed by atoms with Crippen molar-refractivity contribution in [3.8, 4) is 0 Å². The smallest absolute Gasteiger partial charge is 0.0948 e. The zero-order chi connectivity index (χ0) is 12.2. The number of aromatic nitrogens is 4. The average Bonchev–Trinajstić information content (AvgIpc) is 3.09. The predicted molar refractivity (Wildman–Crippen MR) is 69.3 cm³/mol. The molecular weight excluding hydrogens is 226 g/mol. The van der Waals surface area contributed by atoms with Crippen LogP contribution in [0.2, 0.25) is 0 Å². The number of rotatable bonds is 4. The fourth-order valence-corrected chi connectivity index (χ4v) is 2.60. The molecule has 1 N–H and O–H groups in total. The van der Waals surface area contributed by atoms with Crippen LogP contribution in [0.1, 0.15) is 24.5 Å². The van der Waals surface area contributed by atoms with Crippen LogP contribution >= 0.6 is 0 Å². The number of nitrogens with zero attached hydrogens (tertiary/aromatic N) is 4. The summed E-state index contributed by atoms with van der Waals surface area (Å²) in [6.07, 6.45) is 12.2. The van der Waals surface area contributed by atoms with Crippen molar-refractivity contribution in [1.82, 2.24) is 24.4 Å². The Labute approximate surface area is 107 Å². The SMILES string of the molecule is c1cn(CCn2cncc2C2CCCNC2)cn1. The van der Waals surface area contributed by atoms with E-state index in [0.717, 1.165) is 26.2 Å². The highest BCUT2D eigenvalue weighted by molar-refractivity contribution is 5.08. The van der Waals surface area contributed by atoms with Crippen LogP contribution < -0.4 is 5.32 Å². The van der Waals surface area contributed by atoms with E-state index in [9.17, 15) is 0 Å². The Balaban J connectivity index is 1.67. The van der Waals surface area contributed by atoms with E-state index in [1.165, 1.54) is 18.5 Å². The second kappa shape index (κ2) is 5.35. The Morgan fingerprint density at radius 3 is 3.06 bits per heavy atom. The van der Waals surface area contributed by atoms with Gasteiger partial charge in [-0.25, -0.2) is 9.97 Å². The molecule has 0 amide bonds. The Morgan fingerprint density at radius 1 is 1.28 bits per heavy atom. The molecule has 0 aromatic carbocycles. The number of imidazole rings is 2. The van der Waals surface area contributed by atoms with Crippen LogP contribution in [0.4, 0.5) is 0 Å². The van der Waals surface area contributed by atoms with E-state index < -0.39 is 0 Å². The monoisotopic (exact) mass is 245 g/mol. The maximum atomic E-state index is 4.31. The van der Waals surface area contributed by atoms with Crippen molar-refractivity contribution in [2.24, 2.45) is 0 Å². The summed E-state index contributed by atoms with van der Waals surface area (Å²) in [6, 6.07) is 0. The van der Waals surface area contributed by atoms with Crippen LogP contribution in [0.3, 0.4) is 0 Å². The summed E-state index contributed by atoms with van der Waals surface area (Å²) < 4.78 is 4.38. The van der Waals surface area contributed by atoms with Crippen molar-refractivity contribution < 1.29 is 0 Å². The molecular formula is C13H19N5. The topological polar surface area (TPSA) is 47.7 Å². The van der Waals surface area contributed by atoms with Crippen molar-refractivity contribution in [2.75, 3.05) is 13.1 Å². The van der Waals surface area contributed by atoms with Gasteiger partial charge in [0.15, 0.2) is 0 Å². The van der Waals surface area contributed by atoms with Gasteiger partial charge >= 0.3 is 0 Å². The maximum Gasteiger partial charge on any atom is 0.0948 e. The molecule has 3 rings (SSSR count). The summed E-state index contributed by atoms with van der Waals surface area (Å²) in [5.74, 6) is 0.615. The highest BCUT2D eigenvalue weighted by Crippen LogP contribution is 2.22. The van der Waals surface area contributed by atoms with Crippen LogP contribution in [-0.2, 0) is 13.1 Å². The van der Waals surface area contributed by atoms with Crippen LogP contribution in [0, 0.1) is 0 Å². The first-order valence-corrected chi connectivity index (χ1v) is 6.60. The number of hydrogen-bond acceptors (Lipinski definition) is 3. The summed E-state index contributed by atoms with van der Waals surface area (Å²) in [4.78, 5) is 8.37. The van der Waals surface area contributed by atoms with E-state index in [2.05, 4.69) is 24.4 Å². The Hall–Kier alpha value is -1.62. The number of piperidine rings is 1. The van der Waals surface area contributed by atoms with Gasteiger partial charge in [-0.2, -0.15) is 0 Å². The minimum atomic E-state index is 0.615. The molecule has 0 bridgehead atoms. The molecule has 2 aromatic rings. The van der Waals surface area contributed by atoms with Gasteiger partial charge in [0.05, 0.1) is 12.7 Å².